The van der Waals surface area contributed by atoms with Crippen molar-refractivity contribution in [2.75, 3.05) is 0 Å². The van der Waals surface area contributed by atoms with Crippen LogP contribution in [0.2, 0.25) is 0 Å². The van der Waals surface area contributed by atoms with E-state index in [0.29, 0.717) is 6.61 Å². The van der Waals surface area contributed by atoms with Gasteiger partial charge in [0.1, 0.15) is 12.4 Å². The molecule has 0 bridgehead atoms. The molecule has 0 saturated carbocycles. The summed E-state index contributed by atoms with van der Waals surface area (Å²) in [6.07, 6.45) is 0. The van der Waals surface area contributed by atoms with Crippen molar-refractivity contribution in [3.05, 3.63) is 41.8 Å². The molecular weight excluding hydrogens is 147 g/mol. The van der Waals surface area contributed by atoms with Crippen LogP contribution in [-0.4, -0.2) is 10.2 Å². The van der Waals surface area contributed by atoms with Crippen LogP contribution in [0.1, 0.15) is 11.1 Å². The second-order valence-corrected chi connectivity index (χ2v) is 2.11. The van der Waals surface area contributed by atoms with Crippen molar-refractivity contribution in [3.8, 4) is 0 Å². The van der Waals surface area contributed by atoms with Gasteiger partial charge < -0.3 is 10.2 Å². The normalized spacial score (nSPS) is 10.1. The van der Waals surface area contributed by atoms with Crippen molar-refractivity contribution in [1.29, 1.82) is 0 Å². The maximum Gasteiger partial charge on any atom is 0.134 e. The molecule has 1 aromatic carbocycles. The average molecular weight is 155 g/mol. The van der Waals surface area contributed by atoms with E-state index in [1.165, 1.54) is 12.1 Å². The fraction of sp³-hybridized carbons (Fsp3) is 0.125. The minimum atomic E-state index is -0.572. The summed E-state index contributed by atoms with van der Waals surface area (Å²) in [5, 5.41) is 17.1. The molecule has 0 atom stereocenters. The number of benzene rings is 1. The van der Waals surface area contributed by atoms with Gasteiger partial charge in [-0.1, -0.05) is 18.2 Å². The first-order chi connectivity index (χ1) is 5.29. The molecule has 11 heavy (non-hydrogen) atoms. The van der Waals surface area contributed by atoms with Crippen LogP contribution in [0.5, 0.6) is 0 Å². The lowest BCUT2D eigenvalue weighted by Gasteiger charge is -2.01. The van der Waals surface area contributed by atoms with E-state index in [2.05, 4.69) is 0 Å². The SMILES string of the molecule is O[CH]c1cccc(CO)c1F. The summed E-state index contributed by atoms with van der Waals surface area (Å²) in [5.41, 5.74) is 0.282. The molecule has 1 aromatic rings. The third kappa shape index (κ3) is 1.56. The Bertz CT molecular complexity index is 226. The van der Waals surface area contributed by atoms with E-state index in [0.717, 1.165) is 0 Å². The molecule has 0 aliphatic heterocycles. The minimum absolute atomic E-state index is 0.0940. The van der Waals surface area contributed by atoms with Gasteiger partial charge in [-0.25, -0.2) is 4.39 Å². The van der Waals surface area contributed by atoms with Crippen LogP contribution in [0, 0.1) is 12.4 Å². The highest BCUT2D eigenvalue weighted by Crippen LogP contribution is 2.13. The standard InChI is InChI=1S/C8H8FO2/c9-8-6(4-10)2-1-3-7(8)5-11/h1-4,10-11H,5H2. The third-order valence-corrected chi connectivity index (χ3v) is 1.42. The Morgan fingerprint density at radius 3 is 2.73 bits per heavy atom. The van der Waals surface area contributed by atoms with Crippen molar-refractivity contribution in [1.82, 2.24) is 0 Å². The summed E-state index contributed by atoms with van der Waals surface area (Å²) >= 11 is 0. The van der Waals surface area contributed by atoms with Crippen LogP contribution < -0.4 is 0 Å². The topological polar surface area (TPSA) is 40.5 Å². The number of hydrogen-bond donors (Lipinski definition) is 2. The van der Waals surface area contributed by atoms with Crippen LogP contribution in [0.4, 0.5) is 4.39 Å². The monoisotopic (exact) mass is 155 g/mol. The molecule has 1 rings (SSSR count). The molecule has 3 heteroatoms. The highest BCUT2D eigenvalue weighted by Gasteiger charge is 2.04. The van der Waals surface area contributed by atoms with Gasteiger partial charge in [0.2, 0.25) is 0 Å². The molecule has 2 nitrogen and oxygen atoms in total. The predicted octanol–water partition coefficient (Wildman–Crippen LogP) is 1.20. The van der Waals surface area contributed by atoms with Gasteiger partial charge in [-0.2, -0.15) is 0 Å². The molecule has 0 aliphatic carbocycles. The molecule has 0 amide bonds. The largest absolute Gasteiger partial charge is 0.392 e. The zero-order valence-corrected chi connectivity index (χ0v) is 5.79. The van der Waals surface area contributed by atoms with Crippen molar-refractivity contribution >= 4 is 0 Å². The zero-order chi connectivity index (χ0) is 8.27. The summed E-state index contributed by atoms with van der Waals surface area (Å²) in [4.78, 5) is 0. The Morgan fingerprint density at radius 1 is 1.45 bits per heavy atom. The number of rotatable bonds is 2. The van der Waals surface area contributed by atoms with E-state index < -0.39 is 5.82 Å². The lowest BCUT2D eigenvalue weighted by atomic mass is 10.1. The van der Waals surface area contributed by atoms with Crippen molar-refractivity contribution in [2.45, 2.75) is 6.61 Å². The van der Waals surface area contributed by atoms with E-state index in [4.69, 9.17) is 10.2 Å². The Labute approximate surface area is 63.9 Å². The summed E-state index contributed by atoms with van der Waals surface area (Å²) in [6.45, 7) is 0.321. The number of hydrogen-bond acceptors (Lipinski definition) is 2. The maximum atomic E-state index is 12.9. The molecule has 0 heterocycles. The van der Waals surface area contributed by atoms with Gasteiger partial charge in [-0.15, -0.1) is 0 Å². The lowest BCUT2D eigenvalue weighted by molar-refractivity contribution is 0.275. The second kappa shape index (κ2) is 3.46. The van der Waals surface area contributed by atoms with Gasteiger partial charge >= 0.3 is 0 Å². The van der Waals surface area contributed by atoms with Crippen LogP contribution in [0.3, 0.4) is 0 Å². The van der Waals surface area contributed by atoms with Crippen LogP contribution in [-0.2, 0) is 6.61 Å². The van der Waals surface area contributed by atoms with E-state index in [1.807, 2.05) is 0 Å². The number of aliphatic hydroxyl groups excluding tert-OH is 2. The van der Waals surface area contributed by atoms with Crippen molar-refractivity contribution in [3.63, 3.8) is 0 Å². The van der Waals surface area contributed by atoms with Gasteiger partial charge in [0.25, 0.3) is 0 Å². The molecule has 0 aromatic heterocycles. The van der Waals surface area contributed by atoms with E-state index in [1.54, 1.807) is 6.07 Å². The Balaban J connectivity index is 3.10. The van der Waals surface area contributed by atoms with E-state index >= 15 is 0 Å². The van der Waals surface area contributed by atoms with Crippen LogP contribution in [0.25, 0.3) is 0 Å². The molecule has 59 valence electrons. The average Bonchev–Trinajstić information content (AvgIpc) is 2.05. The molecule has 0 spiro atoms. The quantitative estimate of drug-likeness (QED) is 0.673. The van der Waals surface area contributed by atoms with Gasteiger partial charge in [0.15, 0.2) is 0 Å². The summed E-state index contributed by atoms with van der Waals surface area (Å²) < 4.78 is 12.9. The second-order valence-electron chi connectivity index (χ2n) is 2.11. The summed E-state index contributed by atoms with van der Waals surface area (Å²) in [6, 6.07) is 4.45. The Morgan fingerprint density at radius 2 is 2.18 bits per heavy atom. The number of aliphatic hydroxyl groups is 2. The predicted molar refractivity (Wildman–Crippen MR) is 37.7 cm³/mol. The highest BCUT2D eigenvalue weighted by atomic mass is 19.1. The van der Waals surface area contributed by atoms with Gasteiger partial charge in [0, 0.05) is 11.1 Å². The molecule has 0 unspecified atom stereocenters. The first-order valence-corrected chi connectivity index (χ1v) is 3.15. The molecule has 0 fully saturated rings. The maximum absolute atomic E-state index is 12.9. The minimum Gasteiger partial charge on any atom is -0.392 e. The van der Waals surface area contributed by atoms with Crippen molar-refractivity contribution in [2.24, 2.45) is 0 Å². The fourth-order valence-corrected chi connectivity index (χ4v) is 0.821. The van der Waals surface area contributed by atoms with Gasteiger partial charge in [0.05, 0.1) is 6.61 Å². The summed E-state index contributed by atoms with van der Waals surface area (Å²) in [5.74, 6) is -0.572. The molecular formula is C8H8FO2. The van der Waals surface area contributed by atoms with E-state index in [-0.39, 0.29) is 17.7 Å². The molecule has 0 saturated heterocycles. The lowest BCUT2D eigenvalue weighted by Crippen LogP contribution is -1.94. The third-order valence-electron chi connectivity index (χ3n) is 1.42. The Kier molecular flexibility index (Phi) is 2.57. The van der Waals surface area contributed by atoms with Gasteiger partial charge in [-0.05, 0) is 0 Å². The smallest absolute Gasteiger partial charge is 0.134 e. The highest BCUT2D eigenvalue weighted by molar-refractivity contribution is 5.28. The molecule has 2 N–H and O–H groups in total. The first kappa shape index (κ1) is 8.17. The molecule has 0 aliphatic rings. The zero-order valence-electron chi connectivity index (χ0n) is 5.79. The molecule has 1 radical (unpaired) electrons. The van der Waals surface area contributed by atoms with E-state index in [9.17, 15) is 4.39 Å². The summed E-state index contributed by atoms with van der Waals surface area (Å²) in [7, 11) is 0. The van der Waals surface area contributed by atoms with Crippen molar-refractivity contribution < 1.29 is 14.6 Å². The van der Waals surface area contributed by atoms with Gasteiger partial charge in [-0.3, -0.25) is 0 Å². The van der Waals surface area contributed by atoms with Crippen LogP contribution in [0.15, 0.2) is 18.2 Å². The first-order valence-electron chi connectivity index (χ1n) is 3.15. The van der Waals surface area contributed by atoms with Crippen LogP contribution >= 0.6 is 0 Å². The Hall–Kier alpha value is -0.930. The number of halogens is 1. The fourth-order valence-electron chi connectivity index (χ4n) is 0.821.